The molecule has 1 rings (SSSR count). The molecule has 0 saturated heterocycles. The molecule has 0 spiro atoms. The minimum atomic E-state index is 0.175. The van der Waals surface area contributed by atoms with Crippen LogP contribution < -0.4 is 15.8 Å². The third-order valence-corrected chi connectivity index (χ3v) is 2.83. The first-order valence-corrected chi connectivity index (χ1v) is 6.00. The van der Waals surface area contributed by atoms with Gasteiger partial charge in [-0.25, -0.2) is 0 Å². The third kappa shape index (κ3) is 3.80. The normalized spacial score (nSPS) is 13.2. The Morgan fingerprint density at radius 3 is 2.59 bits per heavy atom. The Balaban J connectivity index is 2.82. The van der Waals surface area contributed by atoms with Crippen molar-refractivity contribution in [3.05, 3.63) is 12.1 Å². The van der Waals surface area contributed by atoms with Crippen molar-refractivity contribution in [2.75, 3.05) is 17.7 Å². The van der Waals surface area contributed by atoms with E-state index in [9.17, 15) is 0 Å². The number of hydrogen-bond acceptors (Lipinski definition) is 4. The van der Waals surface area contributed by atoms with Crippen molar-refractivity contribution in [1.82, 2.24) is 4.98 Å². The summed E-state index contributed by atoms with van der Waals surface area (Å²) in [5.74, 6) is 1.30. The van der Waals surface area contributed by atoms with Crippen LogP contribution in [-0.2, 0) is 0 Å². The van der Waals surface area contributed by atoms with Crippen LogP contribution in [-0.4, -0.2) is 17.6 Å². The monoisotopic (exact) mass is 237 g/mol. The van der Waals surface area contributed by atoms with Gasteiger partial charge in [0.25, 0.3) is 0 Å². The first-order valence-electron chi connectivity index (χ1n) is 6.00. The Labute approximate surface area is 104 Å². The number of nitrogens with one attached hydrogen (secondary N) is 1. The lowest BCUT2D eigenvalue weighted by Crippen LogP contribution is -2.31. The molecule has 17 heavy (non-hydrogen) atoms. The summed E-state index contributed by atoms with van der Waals surface area (Å²) in [5.41, 5.74) is 6.52. The van der Waals surface area contributed by atoms with Gasteiger partial charge in [0.1, 0.15) is 5.82 Å². The molecule has 0 fully saturated rings. The molecule has 1 aromatic heterocycles. The lowest BCUT2D eigenvalue weighted by atomic mass is 9.88. The van der Waals surface area contributed by atoms with E-state index in [0.29, 0.717) is 24.2 Å². The maximum Gasteiger partial charge on any atom is 0.239 e. The van der Waals surface area contributed by atoms with Crippen LogP contribution >= 0.6 is 0 Å². The van der Waals surface area contributed by atoms with E-state index in [2.05, 4.69) is 38.0 Å². The SMILES string of the molecule is CCOc1nc(NC(C)C(C)(C)C)ccc1N. The van der Waals surface area contributed by atoms with Crippen LogP contribution in [0.5, 0.6) is 5.88 Å². The molecule has 96 valence electrons. The summed E-state index contributed by atoms with van der Waals surface area (Å²) in [4.78, 5) is 4.36. The lowest BCUT2D eigenvalue weighted by Gasteiger charge is -2.28. The van der Waals surface area contributed by atoms with E-state index < -0.39 is 0 Å². The van der Waals surface area contributed by atoms with Gasteiger partial charge in [-0.1, -0.05) is 20.8 Å². The number of anilines is 2. The van der Waals surface area contributed by atoms with Gasteiger partial charge in [0.05, 0.1) is 12.3 Å². The number of rotatable bonds is 4. The van der Waals surface area contributed by atoms with Gasteiger partial charge >= 0.3 is 0 Å². The van der Waals surface area contributed by atoms with Crippen LogP contribution in [0.1, 0.15) is 34.6 Å². The quantitative estimate of drug-likeness (QED) is 0.845. The van der Waals surface area contributed by atoms with Crippen molar-refractivity contribution < 1.29 is 4.74 Å². The highest BCUT2D eigenvalue weighted by Crippen LogP contribution is 2.25. The number of aromatic nitrogens is 1. The summed E-state index contributed by atoms with van der Waals surface area (Å²) in [5, 5.41) is 3.36. The van der Waals surface area contributed by atoms with Gasteiger partial charge in [-0.15, -0.1) is 0 Å². The van der Waals surface area contributed by atoms with E-state index in [1.165, 1.54) is 0 Å². The van der Waals surface area contributed by atoms with E-state index in [1.54, 1.807) is 0 Å². The summed E-state index contributed by atoms with van der Waals surface area (Å²) in [6.07, 6.45) is 0. The molecule has 0 aliphatic heterocycles. The smallest absolute Gasteiger partial charge is 0.239 e. The standard InChI is InChI=1S/C13H23N3O/c1-6-17-12-10(14)7-8-11(16-12)15-9(2)13(3,4)5/h7-9H,6,14H2,1-5H3,(H,15,16). The fourth-order valence-electron chi connectivity index (χ4n) is 1.22. The molecule has 0 amide bonds. The number of ether oxygens (including phenoxy) is 1. The van der Waals surface area contributed by atoms with Crippen LogP contribution in [0.4, 0.5) is 11.5 Å². The summed E-state index contributed by atoms with van der Waals surface area (Å²) < 4.78 is 5.37. The Kier molecular flexibility index (Phi) is 4.21. The third-order valence-electron chi connectivity index (χ3n) is 2.83. The molecule has 0 saturated carbocycles. The topological polar surface area (TPSA) is 60.2 Å². The number of pyridine rings is 1. The number of nitrogen functional groups attached to an aromatic ring is 1. The predicted molar refractivity (Wildman–Crippen MR) is 72.4 cm³/mol. The maximum absolute atomic E-state index is 5.78. The van der Waals surface area contributed by atoms with E-state index in [1.807, 2.05) is 19.1 Å². The van der Waals surface area contributed by atoms with E-state index in [0.717, 1.165) is 5.82 Å². The van der Waals surface area contributed by atoms with Crippen LogP contribution in [0.3, 0.4) is 0 Å². The average molecular weight is 237 g/mol. The summed E-state index contributed by atoms with van der Waals surface area (Å²) in [6, 6.07) is 4.00. The van der Waals surface area contributed by atoms with E-state index >= 15 is 0 Å². The molecule has 4 nitrogen and oxygen atoms in total. The molecule has 1 heterocycles. The molecule has 0 radical (unpaired) electrons. The zero-order valence-corrected chi connectivity index (χ0v) is 11.4. The second-order valence-electron chi connectivity index (χ2n) is 5.26. The molecular weight excluding hydrogens is 214 g/mol. The Morgan fingerprint density at radius 2 is 2.06 bits per heavy atom. The number of hydrogen-bond donors (Lipinski definition) is 2. The molecule has 1 atom stereocenters. The predicted octanol–water partition coefficient (Wildman–Crippen LogP) is 2.91. The molecule has 1 unspecified atom stereocenters. The fraction of sp³-hybridized carbons (Fsp3) is 0.615. The van der Waals surface area contributed by atoms with Crippen LogP contribution in [0.25, 0.3) is 0 Å². The fourth-order valence-corrected chi connectivity index (χ4v) is 1.22. The van der Waals surface area contributed by atoms with Gasteiger partial charge in [-0.3, -0.25) is 0 Å². The lowest BCUT2D eigenvalue weighted by molar-refractivity contribution is 0.328. The molecule has 0 bridgehead atoms. The number of nitrogens with two attached hydrogens (primary N) is 1. The first-order chi connectivity index (χ1) is 7.84. The zero-order valence-electron chi connectivity index (χ0n) is 11.4. The Morgan fingerprint density at radius 1 is 1.41 bits per heavy atom. The zero-order chi connectivity index (χ0) is 13.1. The van der Waals surface area contributed by atoms with Gasteiger partial charge in [-0.2, -0.15) is 4.98 Å². The molecule has 3 N–H and O–H groups in total. The summed E-state index contributed by atoms with van der Waals surface area (Å²) >= 11 is 0. The first kappa shape index (κ1) is 13.6. The summed E-state index contributed by atoms with van der Waals surface area (Å²) in [7, 11) is 0. The molecule has 0 aromatic carbocycles. The summed E-state index contributed by atoms with van der Waals surface area (Å²) in [6.45, 7) is 11.2. The van der Waals surface area contributed by atoms with Crippen molar-refractivity contribution >= 4 is 11.5 Å². The second-order valence-corrected chi connectivity index (χ2v) is 5.26. The molecule has 0 aliphatic carbocycles. The Hall–Kier alpha value is -1.45. The highest BCUT2D eigenvalue weighted by Gasteiger charge is 2.20. The molecule has 1 aromatic rings. The second kappa shape index (κ2) is 5.25. The van der Waals surface area contributed by atoms with Gasteiger partial charge in [-0.05, 0) is 31.4 Å². The van der Waals surface area contributed by atoms with Gasteiger partial charge in [0, 0.05) is 6.04 Å². The van der Waals surface area contributed by atoms with Crippen molar-refractivity contribution in [3.63, 3.8) is 0 Å². The van der Waals surface area contributed by atoms with E-state index in [-0.39, 0.29) is 5.41 Å². The van der Waals surface area contributed by atoms with E-state index in [4.69, 9.17) is 10.5 Å². The molecule has 4 heteroatoms. The van der Waals surface area contributed by atoms with Gasteiger partial charge in [0.2, 0.25) is 5.88 Å². The van der Waals surface area contributed by atoms with Gasteiger partial charge in [0.15, 0.2) is 0 Å². The van der Waals surface area contributed by atoms with Crippen LogP contribution in [0.2, 0.25) is 0 Å². The van der Waals surface area contributed by atoms with Crippen LogP contribution in [0.15, 0.2) is 12.1 Å². The van der Waals surface area contributed by atoms with Crippen molar-refractivity contribution in [3.8, 4) is 5.88 Å². The van der Waals surface area contributed by atoms with Crippen LogP contribution in [0, 0.1) is 5.41 Å². The molecular formula is C13H23N3O. The van der Waals surface area contributed by atoms with Crippen molar-refractivity contribution in [2.24, 2.45) is 5.41 Å². The maximum atomic E-state index is 5.78. The number of nitrogens with zero attached hydrogens (tertiary/aromatic N) is 1. The molecule has 0 aliphatic rings. The minimum Gasteiger partial charge on any atom is -0.476 e. The highest BCUT2D eigenvalue weighted by molar-refractivity contribution is 5.53. The van der Waals surface area contributed by atoms with Gasteiger partial charge < -0.3 is 15.8 Å². The largest absolute Gasteiger partial charge is 0.476 e. The average Bonchev–Trinajstić information content (AvgIpc) is 2.22. The van der Waals surface area contributed by atoms with Crippen molar-refractivity contribution in [2.45, 2.75) is 40.7 Å². The Bertz CT molecular complexity index is 371. The minimum absolute atomic E-state index is 0.175. The highest BCUT2D eigenvalue weighted by atomic mass is 16.5. The van der Waals surface area contributed by atoms with Crippen molar-refractivity contribution in [1.29, 1.82) is 0 Å².